The fraction of sp³-hybridized carbons (Fsp3) is 0.417. The predicted molar refractivity (Wildman–Crippen MR) is 79.6 cm³/mol. The number of amides is 1. The molecule has 106 valence electrons. The zero-order valence-corrected chi connectivity index (χ0v) is 13.6. The zero-order valence-electron chi connectivity index (χ0n) is 9.86. The van der Waals surface area contributed by atoms with Gasteiger partial charge in [0.05, 0.1) is 11.1 Å². The largest absolute Gasteiger partial charge is 0.417 e. The maximum Gasteiger partial charge on any atom is 0.417 e. The normalized spacial score (nSPS) is 11.4. The second-order valence-corrected chi connectivity index (χ2v) is 5.83. The van der Waals surface area contributed by atoms with Crippen LogP contribution in [-0.2, 0) is 6.18 Å². The van der Waals surface area contributed by atoms with Gasteiger partial charge in [-0.2, -0.15) is 13.2 Å². The number of unbranched alkanes of at least 4 members (excludes halogenated alkanes) is 1. The highest BCUT2D eigenvalue weighted by Gasteiger charge is 2.35. The Hall–Kier alpha value is -0.310. The highest BCUT2D eigenvalue weighted by Crippen LogP contribution is 2.33. The third-order valence-corrected chi connectivity index (χ3v) is 3.63. The van der Waals surface area contributed by atoms with Crippen molar-refractivity contribution in [1.29, 1.82) is 0 Å². The summed E-state index contributed by atoms with van der Waals surface area (Å²) in [5.74, 6) is -0.687. The van der Waals surface area contributed by atoms with Crippen LogP contribution in [0.5, 0.6) is 0 Å². The fourth-order valence-corrected chi connectivity index (χ4v) is 2.37. The number of rotatable bonds is 5. The van der Waals surface area contributed by atoms with Crippen molar-refractivity contribution in [3.8, 4) is 0 Å². The van der Waals surface area contributed by atoms with Gasteiger partial charge in [0.1, 0.15) is 0 Å². The van der Waals surface area contributed by atoms with Crippen LogP contribution >= 0.6 is 38.5 Å². The molecule has 1 aromatic carbocycles. The molecular formula is C12H12BrF3INO. The lowest BCUT2D eigenvalue weighted by Gasteiger charge is -2.13. The number of halogens is 5. The fourth-order valence-electron chi connectivity index (χ4n) is 1.47. The lowest BCUT2D eigenvalue weighted by atomic mass is 10.1. The number of alkyl halides is 4. The maximum atomic E-state index is 12.8. The predicted octanol–water partition coefficient (Wildman–Crippen LogP) is 4.41. The minimum atomic E-state index is -4.54. The van der Waals surface area contributed by atoms with Gasteiger partial charge in [-0.05, 0) is 35.5 Å². The molecule has 1 aromatic rings. The average molecular weight is 450 g/mol. The van der Waals surface area contributed by atoms with E-state index >= 15 is 0 Å². The summed E-state index contributed by atoms with van der Waals surface area (Å²) < 4.78 is 39.7. The zero-order chi connectivity index (χ0) is 14.5. The van der Waals surface area contributed by atoms with Gasteiger partial charge < -0.3 is 5.32 Å². The highest BCUT2D eigenvalue weighted by molar-refractivity contribution is 14.1. The van der Waals surface area contributed by atoms with Crippen molar-refractivity contribution in [3.63, 3.8) is 0 Å². The lowest BCUT2D eigenvalue weighted by Crippen LogP contribution is -2.27. The number of carbonyl (C=O) groups is 1. The first kappa shape index (κ1) is 16.7. The summed E-state index contributed by atoms with van der Waals surface area (Å²) in [5, 5.41) is 2.51. The van der Waals surface area contributed by atoms with Crippen LogP contribution in [0.2, 0.25) is 0 Å². The van der Waals surface area contributed by atoms with Gasteiger partial charge in [-0.25, -0.2) is 0 Å². The number of hydrogen-bond acceptors (Lipinski definition) is 1. The molecule has 19 heavy (non-hydrogen) atoms. The SMILES string of the molecule is O=C(NCCCCI)c1ccc(Br)cc1C(F)(F)F. The molecule has 0 fully saturated rings. The molecule has 0 unspecified atom stereocenters. The van der Waals surface area contributed by atoms with Crippen LogP contribution in [-0.4, -0.2) is 16.9 Å². The monoisotopic (exact) mass is 449 g/mol. The van der Waals surface area contributed by atoms with E-state index in [0.717, 1.165) is 23.3 Å². The Kier molecular flexibility index (Phi) is 6.58. The van der Waals surface area contributed by atoms with E-state index in [1.807, 2.05) is 0 Å². The van der Waals surface area contributed by atoms with Gasteiger partial charge in [0, 0.05) is 11.0 Å². The van der Waals surface area contributed by atoms with E-state index in [4.69, 9.17) is 0 Å². The molecule has 2 nitrogen and oxygen atoms in total. The molecule has 0 atom stereocenters. The van der Waals surface area contributed by atoms with E-state index in [2.05, 4.69) is 43.8 Å². The molecule has 0 aliphatic heterocycles. The first-order valence-corrected chi connectivity index (χ1v) is 7.89. The van der Waals surface area contributed by atoms with Gasteiger partial charge >= 0.3 is 6.18 Å². The second-order valence-electron chi connectivity index (χ2n) is 3.84. The molecule has 1 N–H and O–H groups in total. The summed E-state index contributed by atoms with van der Waals surface area (Å²) in [6.07, 6.45) is -2.86. The Balaban J connectivity index is 2.85. The van der Waals surface area contributed by atoms with Crippen molar-refractivity contribution >= 4 is 44.4 Å². The van der Waals surface area contributed by atoms with E-state index in [-0.39, 0.29) is 5.56 Å². The van der Waals surface area contributed by atoms with Crippen molar-refractivity contribution in [3.05, 3.63) is 33.8 Å². The Labute approximate surface area is 131 Å². The van der Waals surface area contributed by atoms with Crippen LogP contribution in [0, 0.1) is 0 Å². The lowest BCUT2D eigenvalue weighted by molar-refractivity contribution is -0.138. The number of carbonyl (C=O) groups excluding carboxylic acids is 1. The number of nitrogens with one attached hydrogen (secondary N) is 1. The van der Waals surface area contributed by atoms with Crippen molar-refractivity contribution < 1.29 is 18.0 Å². The molecule has 0 bridgehead atoms. The van der Waals surface area contributed by atoms with Crippen LogP contribution in [0.4, 0.5) is 13.2 Å². The van der Waals surface area contributed by atoms with Crippen LogP contribution in [0.3, 0.4) is 0 Å². The molecule has 0 aliphatic carbocycles. The molecular weight excluding hydrogens is 438 g/mol. The second kappa shape index (κ2) is 7.47. The van der Waals surface area contributed by atoms with Gasteiger partial charge in [-0.1, -0.05) is 38.5 Å². The highest BCUT2D eigenvalue weighted by atomic mass is 127. The van der Waals surface area contributed by atoms with Crippen molar-refractivity contribution in [1.82, 2.24) is 5.32 Å². The molecule has 1 amide bonds. The maximum absolute atomic E-state index is 12.8. The first-order valence-electron chi connectivity index (χ1n) is 5.57. The Morgan fingerprint density at radius 1 is 1.32 bits per heavy atom. The molecule has 0 radical (unpaired) electrons. The average Bonchev–Trinajstić information content (AvgIpc) is 2.33. The smallest absolute Gasteiger partial charge is 0.352 e. The minimum absolute atomic E-state index is 0.293. The number of benzene rings is 1. The van der Waals surface area contributed by atoms with Crippen molar-refractivity contribution in [2.75, 3.05) is 11.0 Å². The molecule has 0 spiro atoms. The van der Waals surface area contributed by atoms with Gasteiger partial charge in [0.25, 0.3) is 5.91 Å². The Morgan fingerprint density at radius 2 is 2.00 bits per heavy atom. The molecule has 0 aromatic heterocycles. The summed E-state index contributed by atoms with van der Waals surface area (Å²) in [6.45, 7) is 0.384. The molecule has 0 saturated heterocycles. The standard InChI is InChI=1S/C12H12BrF3INO/c13-8-3-4-9(10(7-8)12(14,15)16)11(19)18-6-2-1-5-17/h3-4,7H,1-2,5-6H2,(H,18,19). The minimum Gasteiger partial charge on any atom is -0.352 e. The molecule has 0 heterocycles. The quantitative estimate of drug-likeness (QED) is 0.402. The molecule has 0 saturated carbocycles. The van der Waals surface area contributed by atoms with Gasteiger partial charge in [-0.15, -0.1) is 0 Å². The van der Waals surface area contributed by atoms with Crippen molar-refractivity contribution in [2.45, 2.75) is 19.0 Å². The van der Waals surface area contributed by atoms with Crippen molar-refractivity contribution in [2.24, 2.45) is 0 Å². The third-order valence-electron chi connectivity index (χ3n) is 2.38. The summed E-state index contributed by atoms with van der Waals surface area (Å²) in [7, 11) is 0. The number of hydrogen-bond donors (Lipinski definition) is 1. The van der Waals surface area contributed by atoms with Crippen LogP contribution in [0.15, 0.2) is 22.7 Å². The van der Waals surface area contributed by atoms with Crippen LogP contribution in [0.1, 0.15) is 28.8 Å². The Bertz CT molecular complexity index is 451. The topological polar surface area (TPSA) is 29.1 Å². The van der Waals surface area contributed by atoms with E-state index < -0.39 is 17.6 Å². The van der Waals surface area contributed by atoms with E-state index in [9.17, 15) is 18.0 Å². The van der Waals surface area contributed by atoms with E-state index in [1.54, 1.807) is 0 Å². The van der Waals surface area contributed by atoms with Gasteiger partial charge in [0.2, 0.25) is 0 Å². The third kappa shape index (κ3) is 5.29. The molecule has 7 heteroatoms. The summed E-state index contributed by atoms with van der Waals surface area (Å²) in [6, 6.07) is 3.52. The molecule has 1 rings (SSSR count). The molecule has 0 aliphatic rings. The van der Waals surface area contributed by atoms with Crippen LogP contribution in [0.25, 0.3) is 0 Å². The van der Waals surface area contributed by atoms with Gasteiger partial charge in [-0.3, -0.25) is 4.79 Å². The summed E-state index contributed by atoms with van der Waals surface area (Å²) in [4.78, 5) is 11.8. The first-order chi connectivity index (χ1) is 8.86. The Morgan fingerprint density at radius 3 is 2.58 bits per heavy atom. The van der Waals surface area contributed by atoms with Crippen LogP contribution < -0.4 is 5.32 Å². The summed E-state index contributed by atoms with van der Waals surface area (Å²) in [5.41, 5.74) is -1.27. The van der Waals surface area contributed by atoms with E-state index in [1.165, 1.54) is 12.1 Å². The summed E-state index contributed by atoms with van der Waals surface area (Å²) >= 11 is 5.19. The van der Waals surface area contributed by atoms with E-state index in [0.29, 0.717) is 11.0 Å². The van der Waals surface area contributed by atoms with Gasteiger partial charge in [0.15, 0.2) is 0 Å².